The van der Waals surface area contributed by atoms with Crippen LogP contribution in [-0.4, -0.2) is 11.8 Å². The number of ketones is 1. The molecule has 1 saturated carbocycles. The molecule has 0 spiro atoms. The van der Waals surface area contributed by atoms with Crippen LogP contribution in [0, 0.1) is 5.92 Å². The van der Waals surface area contributed by atoms with Gasteiger partial charge in [-0.2, -0.15) is 0 Å². The van der Waals surface area contributed by atoms with Gasteiger partial charge in [-0.15, -0.1) is 0 Å². The second-order valence-electron chi connectivity index (χ2n) is 3.26. The van der Waals surface area contributed by atoms with Gasteiger partial charge in [0.2, 0.25) is 0 Å². The highest BCUT2D eigenvalue weighted by Gasteiger charge is 2.21. The van der Waals surface area contributed by atoms with Crippen molar-refractivity contribution in [2.45, 2.75) is 38.6 Å². The van der Waals surface area contributed by atoms with Gasteiger partial charge in [0, 0.05) is 6.42 Å². The summed E-state index contributed by atoms with van der Waals surface area (Å²) in [5.41, 5.74) is 5.41. The van der Waals surface area contributed by atoms with Gasteiger partial charge in [0.25, 0.3) is 0 Å². The summed E-state index contributed by atoms with van der Waals surface area (Å²) >= 11 is 0. The quantitative estimate of drug-likeness (QED) is 0.639. The molecule has 0 aromatic rings. The van der Waals surface area contributed by atoms with Crippen molar-refractivity contribution < 1.29 is 4.79 Å². The van der Waals surface area contributed by atoms with E-state index >= 15 is 0 Å². The van der Waals surface area contributed by atoms with E-state index in [2.05, 4.69) is 0 Å². The molecule has 0 radical (unpaired) electrons. The average molecular weight is 141 g/mol. The summed E-state index contributed by atoms with van der Waals surface area (Å²) in [6.07, 6.45) is 4.49. The lowest BCUT2D eigenvalue weighted by Crippen LogP contribution is -2.29. The Morgan fingerprint density at radius 1 is 1.70 bits per heavy atom. The standard InChI is InChI=1S/C8H15NO/c1-6(9)8(10)5-7-3-2-4-7/h6-7H,2-5,9H2,1H3/t6-/m0/s1. The lowest BCUT2D eigenvalue weighted by atomic mass is 9.81. The van der Waals surface area contributed by atoms with E-state index in [0.717, 1.165) is 6.42 Å². The molecule has 1 aliphatic carbocycles. The highest BCUT2D eigenvalue weighted by molar-refractivity contribution is 5.83. The fraction of sp³-hybridized carbons (Fsp3) is 0.875. The monoisotopic (exact) mass is 141 g/mol. The van der Waals surface area contributed by atoms with Gasteiger partial charge in [-0.1, -0.05) is 19.3 Å². The van der Waals surface area contributed by atoms with Gasteiger partial charge in [0.1, 0.15) is 5.78 Å². The van der Waals surface area contributed by atoms with E-state index in [1.165, 1.54) is 19.3 Å². The number of carbonyl (C=O) groups is 1. The van der Waals surface area contributed by atoms with Crippen LogP contribution in [0.4, 0.5) is 0 Å². The van der Waals surface area contributed by atoms with Crippen molar-refractivity contribution >= 4 is 5.78 Å². The zero-order valence-electron chi connectivity index (χ0n) is 6.47. The van der Waals surface area contributed by atoms with E-state index < -0.39 is 0 Å². The number of nitrogens with two attached hydrogens (primary N) is 1. The third-order valence-corrected chi connectivity index (χ3v) is 2.22. The lowest BCUT2D eigenvalue weighted by molar-refractivity contribution is -0.121. The predicted octanol–water partition coefficient (Wildman–Crippen LogP) is 1.09. The molecular weight excluding hydrogens is 126 g/mol. The molecule has 0 saturated heterocycles. The van der Waals surface area contributed by atoms with E-state index in [0.29, 0.717) is 5.92 Å². The Bertz CT molecular complexity index is 127. The number of rotatable bonds is 3. The van der Waals surface area contributed by atoms with Gasteiger partial charge in [0.15, 0.2) is 0 Å². The SMILES string of the molecule is C[C@H](N)C(=O)CC1CCC1. The second kappa shape index (κ2) is 3.15. The zero-order chi connectivity index (χ0) is 7.56. The van der Waals surface area contributed by atoms with E-state index in [-0.39, 0.29) is 11.8 Å². The van der Waals surface area contributed by atoms with Crippen LogP contribution in [0.1, 0.15) is 32.6 Å². The van der Waals surface area contributed by atoms with Crippen molar-refractivity contribution in [3.05, 3.63) is 0 Å². The summed E-state index contributed by atoms with van der Waals surface area (Å²) in [4.78, 5) is 11.0. The molecule has 1 aliphatic rings. The van der Waals surface area contributed by atoms with Crippen LogP contribution in [0.3, 0.4) is 0 Å². The molecule has 1 rings (SSSR count). The predicted molar refractivity (Wildman–Crippen MR) is 40.6 cm³/mol. The molecule has 0 aliphatic heterocycles. The molecule has 58 valence electrons. The van der Waals surface area contributed by atoms with Crippen molar-refractivity contribution in [3.8, 4) is 0 Å². The van der Waals surface area contributed by atoms with Gasteiger partial charge in [-0.3, -0.25) is 4.79 Å². The highest BCUT2D eigenvalue weighted by Crippen LogP contribution is 2.29. The molecule has 0 bridgehead atoms. The van der Waals surface area contributed by atoms with Crippen molar-refractivity contribution in [1.29, 1.82) is 0 Å². The van der Waals surface area contributed by atoms with Crippen LogP contribution in [0.2, 0.25) is 0 Å². The topological polar surface area (TPSA) is 43.1 Å². The Balaban J connectivity index is 2.17. The zero-order valence-corrected chi connectivity index (χ0v) is 6.47. The second-order valence-corrected chi connectivity index (χ2v) is 3.26. The van der Waals surface area contributed by atoms with Crippen molar-refractivity contribution in [2.75, 3.05) is 0 Å². The van der Waals surface area contributed by atoms with Gasteiger partial charge >= 0.3 is 0 Å². The van der Waals surface area contributed by atoms with Crippen LogP contribution in [0.15, 0.2) is 0 Å². The molecule has 0 amide bonds. The average Bonchev–Trinajstić information content (AvgIpc) is 1.77. The van der Waals surface area contributed by atoms with E-state index in [4.69, 9.17) is 5.73 Å². The number of carbonyl (C=O) groups excluding carboxylic acids is 1. The highest BCUT2D eigenvalue weighted by atomic mass is 16.1. The first-order valence-corrected chi connectivity index (χ1v) is 3.98. The molecule has 2 heteroatoms. The maximum Gasteiger partial charge on any atom is 0.149 e. The normalized spacial score (nSPS) is 21.8. The number of hydrogen-bond donors (Lipinski definition) is 1. The minimum atomic E-state index is -0.249. The first kappa shape index (κ1) is 7.73. The summed E-state index contributed by atoms with van der Waals surface area (Å²) in [5.74, 6) is 0.892. The smallest absolute Gasteiger partial charge is 0.149 e. The maximum absolute atomic E-state index is 11.0. The third kappa shape index (κ3) is 1.81. The van der Waals surface area contributed by atoms with E-state index in [1.54, 1.807) is 6.92 Å². The molecule has 2 nitrogen and oxygen atoms in total. The molecular formula is C8H15NO. The van der Waals surface area contributed by atoms with E-state index in [1.807, 2.05) is 0 Å². The van der Waals surface area contributed by atoms with Gasteiger partial charge in [-0.05, 0) is 12.8 Å². The molecule has 0 aromatic heterocycles. The van der Waals surface area contributed by atoms with Gasteiger partial charge < -0.3 is 5.73 Å². The lowest BCUT2D eigenvalue weighted by Gasteiger charge is -2.24. The Labute approximate surface area is 61.8 Å². The first-order chi connectivity index (χ1) is 4.70. The van der Waals surface area contributed by atoms with Crippen LogP contribution >= 0.6 is 0 Å². The summed E-state index contributed by atoms with van der Waals surface area (Å²) < 4.78 is 0. The van der Waals surface area contributed by atoms with Crippen LogP contribution in [0.5, 0.6) is 0 Å². The fourth-order valence-corrected chi connectivity index (χ4v) is 1.17. The Morgan fingerprint density at radius 2 is 2.30 bits per heavy atom. The largest absolute Gasteiger partial charge is 0.322 e. The Morgan fingerprint density at radius 3 is 2.60 bits per heavy atom. The number of Topliss-reactive ketones (excluding diaryl/α,β-unsaturated/α-hetero) is 1. The minimum absolute atomic E-state index is 0.227. The van der Waals surface area contributed by atoms with Crippen molar-refractivity contribution in [3.63, 3.8) is 0 Å². The summed E-state index contributed by atoms with van der Waals surface area (Å²) in [7, 11) is 0. The first-order valence-electron chi connectivity index (χ1n) is 3.98. The molecule has 0 unspecified atom stereocenters. The van der Waals surface area contributed by atoms with Crippen LogP contribution < -0.4 is 5.73 Å². The minimum Gasteiger partial charge on any atom is -0.322 e. The summed E-state index contributed by atoms with van der Waals surface area (Å²) in [5, 5.41) is 0. The third-order valence-electron chi connectivity index (χ3n) is 2.22. The van der Waals surface area contributed by atoms with Crippen molar-refractivity contribution in [1.82, 2.24) is 0 Å². The Kier molecular flexibility index (Phi) is 2.44. The van der Waals surface area contributed by atoms with E-state index in [9.17, 15) is 4.79 Å². The maximum atomic E-state index is 11.0. The van der Waals surface area contributed by atoms with Crippen molar-refractivity contribution in [2.24, 2.45) is 11.7 Å². The molecule has 1 atom stereocenters. The van der Waals surface area contributed by atoms with Crippen LogP contribution in [0.25, 0.3) is 0 Å². The number of hydrogen-bond acceptors (Lipinski definition) is 2. The summed E-state index contributed by atoms with van der Waals surface area (Å²) in [6, 6.07) is -0.249. The Hall–Kier alpha value is -0.370. The molecule has 0 aromatic carbocycles. The molecule has 10 heavy (non-hydrogen) atoms. The fourth-order valence-electron chi connectivity index (χ4n) is 1.17. The summed E-state index contributed by atoms with van der Waals surface area (Å²) in [6.45, 7) is 1.76. The van der Waals surface area contributed by atoms with Crippen LogP contribution in [-0.2, 0) is 4.79 Å². The van der Waals surface area contributed by atoms with Gasteiger partial charge in [-0.25, -0.2) is 0 Å². The molecule has 1 fully saturated rings. The molecule has 2 N–H and O–H groups in total. The molecule has 0 heterocycles. The van der Waals surface area contributed by atoms with Gasteiger partial charge in [0.05, 0.1) is 6.04 Å².